The van der Waals surface area contributed by atoms with E-state index in [4.69, 9.17) is 0 Å². The molecule has 3 rings (SSSR count). The second kappa shape index (κ2) is 6.83. The Bertz CT molecular complexity index is 752. The van der Waals surface area contributed by atoms with E-state index in [1.165, 1.54) is 28.7 Å². The van der Waals surface area contributed by atoms with Gasteiger partial charge in [-0.1, -0.05) is 26.7 Å². The minimum absolute atomic E-state index is 0.0215. The van der Waals surface area contributed by atoms with Crippen molar-refractivity contribution in [3.63, 3.8) is 0 Å². The zero-order valence-electron chi connectivity index (χ0n) is 13.6. The first kappa shape index (κ1) is 16.2. The quantitative estimate of drug-likeness (QED) is 0.936. The molecule has 23 heavy (non-hydrogen) atoms. The summed E-state index contributed by atoms with van der Waals surface area (Å²) in [4.78, 5) is 29.5. The molecule has 2 aromatic rings. The van der Waals surface area contributed by atoms with Crippen molar-refractivity contribution in [3.8, 4) is 0 Å². The summed E-state index contributed by atoms with van der Waals surface area (Å²) in [5, 5.41) is 5.64. The molecule has 0 aliphatic heterocycles. The lowest BCUT2D eigenvalue weighted by Crippen LogP contribution is -2.44. The molecule has 2 aromatic heterocycles. The summed E-state index contributed by atoms with van der Waals surface area (Å²) in [6.07, 6.45) is 5.33. The average molecular weight is 333 g/mol. The monoisotopic (exact) mass is 333 g/mol. The lowest BCUT2D eigenvalue weighted by Gasteiger charge is -2.34. The van der Waals surface area contributed by atoms with Crippen LogP contribution in [-0.2, 0) is 11.3 Å². The smallest absolute Gasteiger partial charge is 0.262 e. The maximum atomic E-state index is 12.3. The van der Waals surface area contributed by atoms with Gasteiger partial charge >= 0.3 is 0 Å². The summed E-state index contributed by atoms with van der Waals surface area (Å²) in [6.45, 7) is 4.85. The molecule has 1 aliphatic rings. The lowest BCUT2D eigenvalue weighted by atomic mass is 9.78. The summed E-state index contributed by atoms with van der Waals surface area (Å²) in [5.74, 6) is 1.19. The Balaban J connectivity index is 1.60. The molecule has 3 atom stereocenters. The van der Waals surface area contributed by atoms with Gasteiger partial charge in [-0.15, -0.1) is 11.3 Å². The number of carbonyl (C=O) groups excluding carboxylic acids is 1. The van der Waals surface area contributed by atoms with Gasteiger partial charge in [0.25, 0.3) is 5.56 Å². The molecule has 0 radical (unpaired) electrons. The number of nitrogens with one attached hydrogen (secondary N) is 1. The number of rotatable bonds is 4. The van der Waals surface area contributed by atoms with Gasteiger partial charge in [-0.05, 0) is 29.7 Å². The molecule has 0 saturated heterocycles. The number of thiophene rings is 1. The molecule has 3 unspecified atom stereocenters. The van der Waals surface area contributed by atoms with Crippen LogP contribution in [0, 0.1) is 11.8 Å². The molecule has 1 aliphatic carbocycles. The minimum atomic E-state index is -0.0660. The van der Waals surface area contributed by atoms with Gasteiger partial charge in [-0.2, -0.15) is 0 Å². The van der Waals surface area contributed by atoms with Crippen LogP contribution in [0.15, 0.2) is 22.6 Å². The number of fused-ring (bicyclic) bond motifs is 1. The first-order valence-electron chi connectivity index (χ1n) is 8.28. The third kappa shape index (κ3) is 3.47. The molecule has 0 aromatic carbocycles. The Hall–Kier alpha value is -1.69. The van der Waals surface area contributed by atoms with Crippen molar-refractivity contribution in [1.29, 1.82) is 0 Å². The van der Waals surface area contributed by atoms with Gasteiger partial charge in [0.2, 0.25) is 5.91 Å². The minimum Gasteiger partial charge on any atom is -0.353 e. The van der Waals surface area contributed by atoms with Crippen molar-refractivity contribution in [1.82, 2.24) is 14.9 Å². The van der Waals surface area contributed by atoms with E-state index in [1.807, 2.05) is 5.38 Å². The highest BCUT2D eigenvalue weighted by Gasteiger charge is 2.27. The van der Waals surface area contributed by atoms with Crippen LogP contribution in [0.3, 0.4) is 0 Å². The first-order valence-corrected chi connectivity index (χ1v) is 9.16. The van der Waals surface area contributed by atoms with E-state index >= 15 is 0 Å². The molecule has 0 spiro atoms. The van der Waals surface area contributed by atoms with E-state index < -0.39 is 0 Å². The van der Waals surface area contributed by atoms with Gasteiger partial charge in [-0.3, -0.25) is 14.2 Å². The number of carbonyl (C=O) groups is 1. The first-order chi connectivity index (χ1) is 11.1. The van der Waals surface area contributed by atoms with Crippen molar-refractivity contribution >= 4 is 27.5 Å². The van der Waals surface area contributed by atoms with Crippen molar-refractivity contribution in [2.45, 2.75) is 52.1 Å². The predicted molar refractivity (Wildman–Crippen MR) is 92.6 cm³/mol. The maximum Gasteiger partial charge on any atom is 0.262 e. The van der Waals surface area contributed by atoms with E-state index in [0.29, 0.717) is 30.2 Å². The van der Waals surface area contributed by atoms with Crippen molar-refractivity contribution in [3.05, 3.63) is 28.1 Å². The van der Waals surface area contributed by atoms with Crippen LogP contribution < -0.4 is 10.9 Å². The highest BCUT2D eigenvalue weighted by Crippen LogP contribution is 2.29. The fraction of sp³-hybridized carbons (Fsp3) is 0.588. The van der Waals surface area contributed by atoms with Crippen LogP contribution in [0.4, 0.5) is 0 Å². The molecule has 1 amide bonds. The highest BCUT2D eigenvalue weighted by molar-refractivity contribution is 7.16. The van der Waals surface area contributed by atoms with Gasteiger partial charge in [-0.25, -0.2) is 4.98 Å². The number of amides is 1. The van der Waals surface area contributed by atoms with Crippen LogP contribution in [-0.4, -0.2) is 21.5 Å². The van der Waals surface area contributed by atoms with Crippen LogP contribution in [0.25, 0.3) is 10.2 Å². The maximum absolute atomic E-state index is 12.3. The van der Waals surface area contributed by atoms with Crippen LogP contribution in [0.5, 0.6) is 0 Å². The number of hydrogen-bond acceptors (Lipinski definition) is 4. The number of hydrogen-bond donors (Lipinski definition) is 1. The SMILES string of the molecule is CC1CCCC(NC(=O)CCn2cnc3sccc3c2=O)C1C. The molecule has 1 N–H and O–H groups in total. The summed E-state index contributed by atoms with van der Waals surface area (Å²) >= 11 is 1.45. The fourth-order valence-electron chi connectivity index (χ4n) is 3.34. The molecule has 6 heteroatoms. The van der Waals surface area contributed by atoms with Gasteiger partial charge in [0.15, 0.2) is 0 Å². The topological polar surface area (TPSA) is 64.0 Å². The molecule has 1 saturated carbocycles. The van der Waals surface area contributed by atoms with Crippen molar-refractivity contribution in [2.24, 2.45) is 11.8 Å². The van der Waals surface area contributed by atoms with Crippen molar-refractivity contribution < 1.29 is 4.79 Å². The Labute approximate surface area is 139 Å². The highest BCUT2D eigenvalue weighted by atomic mass is 32.1. The Kier molecular flexibility index (Phi) is 4.80. The second-order valence-corrected chi connectivity index (χ2v) is 7.47. The van der Waals surface area contributed by atoms with Crippen LogP contribution >= 0.6 is 11.3 Å². The summed E-state index contributed by atoms with van der Waals surface area (Å²) in [6, 6.07) is 2.05. The predicted octanol–water partition coefficient (Wildman–Crippen LogP) is 2.79. The second-order valence-electron chi connectivity index (χ2n) is 6.57. The molecular formula is C17H23N3O2S. The molecule has 5 nitrogen and oxygen atoms in total. The van der Waals surface area contributed by atoms with E-state index in [1.54, 1.807) is 12.4 Å². The number of aromatic nitrogens is 2. The molecule has 1 fully saturated rings. The van der Waals surface area contributed by atoms with E-state index in [9.17, 15) is 9.59 Å². The lowest BCUT2D eigenvalue weighted by molar-refractivity contribution is -0.122. The summed E-state index contributed by atoms with van der Waals surface area (Å²) in [7, 11) is 0. The zero-order valence-corrected chi connectivity index (χ0v) is 14.4. The van der Waals surface area contributed by atoms with Gasteiger partial charge < -0.3 is 5.32 Å². The molecule has 0 bridgehead atoms. The largest absolute Gasteiger partial charge is 0.353 e. The Morgan fingerprint density at radius 3 is 3.09 bits per heavy atom. The standard InChI is InChI=1S/C17H23N3O2S/c1-11-4-3-5-14(12(11)2)19-15(21)6-8-20-10-18-16-13(17(20)22)7-9-23-16/h7,9-12,14H,3-6,8H2,1-2H3,(H,19,21). The molecular weight excluding hydrogens is 310 g/mol. The summed E-state index contributed by atoms with van der Waals surface area (Å²) < 4.78 is 1.53. The fourth-order valence-corrected chi connectivity index (χ4v) is 4.06. The molecule has 124 valence electrons. The van der Waals surface area contributed by atoms with E-state index in [0.717, 1.165) is 11.3 Å². The van der Waals surface area contributed by atoms with E-state index in [2.05, 4.69) is 24.1 Å². The summed E-state index contributed by atoms with van der Waals surface area (Å²) in [5.41, 5.74) is -0.0660. The third-order valence-corrected chi connectivity index (χ3v) is 5.90. The average Bonchev–Trinajstić information content (AvgIpc) is 3.01. The third-order valence-electron chi connectivity index (χ3n) is 5.08. The van der Waals surface area contributed by atoms with Crippen molar-refractivity contribution in [2.75, 3.05) is 0 Å². The number of aryl methyl sites for hydroxylation is 1. The van der Waals surface area contributed by atoms with Gasteiger partial charge in [0.1, 0.15) is 4.83 Å². The van der Waals surface area contributed by atoms with Crippen LogP contribution in [0.2, 0.25) is 0 Å². The zero-order chi connectivity index (χ0) is 16.4. The van der Waals surface area contributed by atoms with E-state index in [-0.39, 0.29) is 17.5 Å². The Morgan fingerprint density at radius 2 is 2.26 bits per heavy atom. The molecule has 2 heterocycles. The van der Waals surface area contributed by atoms with Crippen LogP contribution in [0.1, 0.15) is 39.5 Å². The van der Waals surface area contributed by atoms with Gasteiger partial charge in [0, 0.05) is 19.0 Å². The Morgan fingerprint density at radius 1 is 1.43 bits per heavy atom. The van der Waals surface area contributed by atoms with Gasteiger partial charge in [0.05, 0.1) is 11.7 Å². The normalized spacial score (nSPS) is 24.7. The number of nitrogens with zero attached hydrogens (tertiary/aromatic N) is 2.